The average molecular weight is 252 g/mol. The largest absolute Gasteiger partial charge is 0.385 e. The van der Waals surface area contributed by atoms with Crippen LogP contribution in [0.4, 0.5) is 5.69 Å². The molecule has 0 aliphatic carbocycles. The van der Waals surface area contributed by atoms with Crippen LogP contribution in [0.15, 0.2) is 24.3 Å². The van der Waals surface area contributed by atoms with E-state index < -0.39 is 0 Å². The van der Waals surface area contributed by atoms with Crippen molar-refractivity contribution in [3.8, 4) is 0 Å². The molecule has 0 aliphatic heterocycles. The highest BCUT2D eigenvalue weighted by Gasteiger charge is 2.03. The summed E-state index contributed by atoms with van der Waals surface area (Å²) < 4.78 is 4.97. The molecule has 0 aromatic heterocycles. The quantitative estimate of drug-likeness (QED) is 0.415. The Morgan fingerprint density at radius 2 is 1.94 bits per heavy atom. The average Bonchev–Trinajstić information content (AvgIpc) is 2.38. The number of non-ortho nitro benzene ring substituents is 1. The molecule has 0 radical (unpaired) electrons. The number of nitrogens with one attached hydrogen (secondary N) is 1. The number of hydrogen-bond acceptors (Lipinski definition) is 4. The Hall–Kier alpha value is -1.46. The van der Waals surface area contributed by atoms with Crippen molar-refractivity contribution in [2.75, 3.05) is 26.8 Å². The number of nitro groups is 1. The molecule has 0 heterocycles. The van der Waals surface area contributed by atoms with Crippen LogP contribution in [0.5, 0.6) is 0 Å². The van der Waals surface area contributed by atoms with E-state index in [9.17, 15) is 10.1 Å². The Labute approximate surface area is 107 Å². The number of unbranched alkanes of at least 4 members (excludes halogenated alkanes) is 1. The standard InChI is InChI=1S/C13H20N2O3/c1-18-11-3-2-9-14-10-8-12-4-6-13(7-5-12)15(16)17/h4-7,14H,2-3,8-11H2,1H3. The molecule has 0 amide bonds. The van der Waals surface area contributed by atoms with Gasteiger partial charge in [-0.15, -0.1) is 0 Å². The molecule has 0 saturated carbocycles. The first-order valence-electron chi connectivity index (χ1n) is 6.17. The molecule has 0 aliphatic rings. The molecule has 0 atom stereocenters. The molecule has 1 N–H and O–H groups in total. The Kier molecular flexibility index (Phi) is 6.98. The van der Waals surface area contributed by atoms with Gasteiger partial charge in [-0.05, 0) is 37.9 Å². The molecule has 1 aromatic carbocycles. The minimum atomic E-state index is -0.377. The summed E-state index contributed by atoms with van der Waals surface area (Å²) in [5.74, 6) is 0. The number of ether oxygens (including phenoxy) is 1. The molecule has 0 saturated heterocycles. The van der Waals surface area contributed by atoms with E-state index in [1.54, 1.807) is 19.2 Å². The van der Waals surface area contributed by atoms with E-state index in [1.165, 1.54) is 0 Å². The molecule has 0 fully saturated rings. The summed E-state index contributed by atoms with van der Waals surface area (Å²) >= 11 is 0. The first-order chi connectivity index (χ1) is 8.74. The molecule has 5 heteroatoms. The van der Waals surface area contributed by atoms with Gasteiger partial charge in [0.25, 0.3) is 5.69 Å². The molecule has 100 valence electrons. The van der Waals surface area contributed by atoms with Gasteiger partial charge in [-0.1, -0.05) is 12.1 Å². The maximum atomic E-state index is 10.5. The topological polar surface area (TPSA) is 64.4 Å². The van der Waals surface area contributed by atoms with Crippen molar-refractivity contribution in [3.63, 3.8) is 0 Å². The molecular formula is C13H20N2O3. The van der Waals surface area contributed by atoms with Gasteiger partial charge in [-0.3, -0.25) is 10.1 Å². The van der Waals surface area contributed by atoms with Crippen LogP contribution in [0.1, 0.15) is 18.4 Å². The summed E-state index contributed by atoms with van der Waals surface area (Å²) in [6.45, 7) is 2.69. The Bertz CT molecular complexity index is 352. The van der Waals surface area contributed by atoms with Crippen molar-refractivity contribution in [2.24, 2.45) is 0 Å². The second kappa shape index (κ2) is 8.60. The van der Waals surface area contributed by atoms with Gasteiger partial charge in [0.2, 0.25) is 0 Å². The van der Waals surface area contributed by atoms with Crippen LogP contribution in [-0.2, 0) is 11.2 Å². The monoisotopic (exact) mass is 252 g/mol. The smallest absolute Gasteiger partial charge is 0.269 e. The fraction of sp³-hybridized carbons (Fsp3) is 0.538. The van der Waals surface area contributed by atoms with Gasteiger partial charge in [-0.25, -0.2) is 0 Å². The van der Waals surface area contributed by atoms with Crippen LogP contribution in [-0.4, -0.2) is 31.7 Å². The minimum absolute atomic E-state index is 0.145. The van der Waals surface area contributed by atoms with Gasteiger partial charge in [0, 0.05) is 25.8 Å². The number of rotatable bonds is 9. The SMILES string of the molecule is COCCCCNCCc1ccc([N+](=O)[O-])cc1. The van der Waals surface area contributed by atoms with Crippen LogP contribution in [0.25, 0.3) is 0 Å². The van der Waals surface area contributed by atoms with E-state index in [2.05, 4.69) is 5.32 Å². The second-order valence-electron chi connectivity index (χ2n) is 4.12. The summed E-state index contributed by atoms with van der Waals surface area (Å²) in [5, 5.41) is 13.8. The van der Waals surface area contributed by atoms with Crippen molar-refractivity contribution < 1.29 is 9.66 Å². The highest BCUT2D eigenvalue weighted by molar-refractivity contribution is 5.32. The van der Waals surface area contributed by atoms with E-state index in [1.807, 2.05) is 12.1 Å². The van der Waals surface area contributed by atoms with E-state index in [4.69, 9.17) is 4.74 Å². The van der Waals surface area contributed by atoms with Crippen molar-refractivity contribution in [3.05, 3.63) is 39.9 Å². The fourth-order valence-corrected chi connectivity index (χ4v) is 1.64. The zero-order chi connectivity index (χ0) is 13.2. The highest BCUT2D eigenvalue weighted by atomic mass is 16.6. The van der Waals surface area contributed by atoms with Crippen LogP contribution < -0.4 is 5.32 Å². The van der Waals surface area contributed by atoms with Gasteiger partial charge in [0.05, 0.1) is 4.92 Å². The first kappa shape index (κ1) is 14.6. The molecule has 0 spiro atoms. The summed E-state index contributed by atoms with van der Waals surface area (Å²) in [6.07, 6.45) is 3.07. The van der Waals surface area contributed by atoms with E-state index in [-0.39, 0.29) is 10.6 Å². The minimum Gasteiger partial charge on any atom is -0.385 e. The molecule has 1 rings (SSSR count). The predicted molar refractivity (Wildman–Crippen MR) is 70.8 cm³/mol. The predicted octanol–water partition coefficient (Wildman–Crippen LogP) is 2.15. The summed E-state index contributed by atoms with van der Waals surface area (Å²) in [7, 11) is 1.71. The molecular weight excluding hydrogens is 232 g/mol. The number of nitro benzene ring substituents is 1. The number of methoxy groups -OCH3 is 1. The highest BCUT2D eigenvalue weighted by Crippen LogP contribution is 2.11. The summed E-state index contributed by atoms with van der Waals surface area (Å²) in [6, 6.07) is 6.72. The lowest BCUT2D eigenvalue weighted by Gasteiger charge is -2.04. The third kappa shape index (κ3) is 5.75. The van der Waals surface area contributed by atoms with Gasteiger partial charge >= 0.3 is 0 Å². The van der Waals surface area contributed by atoms with E-state index >= 15 is 0 Å². The number of benzene rings is 1. The van der Waals surface area contributed by atoms with Crippen LogP contribution in [0, 0.1) is 10.1 Å². The Morgan fingerprint density at radius 3 is 2.56 bits per heavy atom. The van der Waals surface area contributed by atoms with E-state index in [0.717, 1.165) is 44.5 Å². The van der Waals surface area contributed by atoms with Crippen LogP contribution >= 0.6 is 0 Å². The van der Waals surface area contributed by atoms with Crippen molar-refractivity contribution in [1.29, 1.82) is 0 Å². The second-order valence-corrected chi connectivity index (χ2v) is 4.12. The lowest BCUT2D eigenvalue weighted by Crippen LogP contribution is -2.18. The third-order valence-electron chi connectivity index (χ3n) is 2.69. The first-order valence-corrected chi connectivity index (χ1v) is 6.17. The summed E-state index contributed by atoms with van der Waals surface area (Å²) in [4.78, 5) is 10.1. The maximum absolute atomic E-state index is 10.5. The van der Waals surface area contributed by atoms with Gasteiger partial charge < -0.3 is 10.1 Å². The van der Waals surface area contributed by atoms with Crippen molar-refractivity contribution in [1.82, 2.24) is 5.32 Å². The molecule has 0 unspecified atom stereocenters. The lowest BCUT2D eigenvalue weighted by molar-refractivity contribution is -0.384. The Balaban J connectivity index is 2.14. The Morgan fingerprint density at radius 1 is 1.22 bits per heavy atom. The molecule has 18 heavy (non-hydrogen) atoms. The molecule has 1 aromatic rings. The zero-order valence-corrected chi connectivity index (χ0v) is 10.7. The van der Waals surface area contributed by atoms with Gasteiger partial charge in [0.15, 0.2) is 0 Å². The van der Waals surface area contributed by atoms with E-state index in [0.29, 0.717) is 0 Å². The van der Waals surface area contributed by atoms with Crippen molar-refractivity contribution in [2.45, 2.75) is 19.3 Å². The molecule has 0 bridgehead atoms. The van der Waals surface area contributed by atoms with Crippen LogP contribution in [0.3, 0.4) is 0 Å². The lowest BCUT2D eigenvalue weighted by atomic mass is 10.1. The van der Waals surface area contributed by atoms with Gasteiger partial charge in [-0.2, -0.15) is 0 Å². The number of hydrogen-bond donors (Lipinski definition) is 1. The normalized spacial score (nSPS) is 10.5. The molecule has 5 nitrogen and oxygen atoms in total. The zero-order valence-electron chi connectivity index (χ0n) is 10.7. The van der Waals surface area contributed by atoms with Gasteiger partial charge in [0.1, 0.15) is 0 Å². The third-order valence-corrected chi connectivity index (χ3v) is 2.69. The van der Waals surface area contributed by atoms with Crippen molar-refractivity contribution >= 4 is 5.69 Å². The van der Waals surface area contributed by atoms with Crippen LogP contribution in [0.2, 0.25) is 0 Å². The summed E-state index contributed by atoms with van der Waals surface area (Å²) in [5.41, 5.74) is 1.26. The number of nitrogens with zero attached hydrogens (tertiary/aromatic N) is 1. The maximum Gasteiger partial charge on any atom is 0.269 e. The fourth-order valence-electron chi connectivity index (χ4n) is 1.64.